The van der Waals surface area contributed by atoms with Gasteiger partial charge in [-0.3, -0.25) is 14.7 Å². The number of aromatic nitrogens is 3. The Hall–Kier alpha value is -1.47. The molecule has 5 nitrogen and oxygen atoms in total. The summed E-state index contributed by atoms with van der Waals surface area (Å²) in [6.45, 7) is 2.09. The second-order valence-corrected chi connectivity index (χ2v) is 6.38. The molecule has 0 unspecified atom stereocenters. The minimum atomic E-state index is 0.0693. The first kappa shape index (κ1) is 14.9. The van der Waals surface area contributed by atoms with Gasteiger partial charge in [-0.05, 0) is 17.9 Å². The molecule has 0 radical (unpaired) electrons. The Morgan fingerprint density at radius 1 is 1.45 bits per heavy atom. The van der Waals surface area contributed by atoms with Crippen molar-refractivity contribution in [2.24, 2.45) is 0 Å². The number of hydrogen-bond donors (Lipinski definition) is 0. The SMILES string of the molecule is CCSCCC(=O)N(C)c1nnc(-c2cccnc2)s1. The largest absolute Gasteiger partial charge is 0.290 e. The van der Waals surface area contributed by atoms with Gasteiger partial charge in [-0.25, -0.2) is 0 Å². The fraction of sp³-hybridized carbons (Fsp3) is 0.385. The van der Waals surface area contributed by atoms with Crippen molar-refractivity contribution >= 4 is 34.1 Å². The molecule has 106 valence electrons. The van der Waals surface area contributed by atoms with Crippen LogP contribution in [0.25, 0.3) is 10.6 Å². The van der Waals surface area contributed by atoms with Gasteiger partial charge < -0.3 is 0 Å². The van der Waals surface area contributed by atoms with Crippen molar-refractivity contribution in [2.45, 2.75) is 13.3 Å². The second-order valence-electron chi connectivity index (χ2n) is 4.03. The van der Waals surface area contributed by atoms with Gasteiger partial charge in [0.1, 0.15) is 0 Å². The number of nitrogens with zero attached hydrogens (tertiary/aromatic N) is 4. The third-order valence-corrected chi connectivity index (χ3v) is 4.60. The van der Waals surface area contributed by atoms with Gasteiger partial charge in [-0.15, -0.1) is 10.2 Å². The average Bonchev–Trinajstić information content (AvgIpc) is 2.97. The van der Waals surface area contributed by atoms with Crippen molar-refractivity contribution in [1.29, 1.82) is 0 Å². The van der Waals surface area contributed by atoms with Gasteiger partial charge in [0.25, 0.3) is 0 Å². The molecular weight excluding hydrogens is 292 g/mol. The molecule has 0 atom stereocenters. The molecule has 0 aliphatic rings. The zero-order valence-electron chi connectivity index (χ0n) is 11.4. The average molecular weight is 308 g/mol. The third kappa shape index (κ3) is 3.77. The summed E-state index contributed by atoms with van der Waals surface area (Å²) < 4.78 is 0. The van der Waals surface area contributed by atoms with E-state index in [0.29, 0.717) is 11.6 Å². The van der Waals surface area contributed by atoms with Gasteiger partial charge in [-0.2, -0.15) is 11.8 Å². The third-order valence-electron chi connectivity index (χ3n) is 2.65. The molecular formula is C13H16N4OS2. The molecule has 0 spiro atoms. The summed E-state index contributed by atoms with van der Waals surface area (Å²) in [7, 11) is 1.74. The first-order valence-corrected chi connectivity index (χ1v) is 8.27. The summed E-state index contributed by atoms with van der Waals surface area (Å²) in [5.74, 6) is 1.94. The van der Waals surface area contributed by atoms with Crippen LogP contribution in [-0.4, -0.2) is 39.6 Å². The van der Waals surface area contributed by atoms with E-state index in [2.05, 4.69) is 22.1 Å². The summed E-state index contributed by atoms with van der Waals surface area (Å²) in [6, 6.07) is 3.78. The highest BCUT2D eigenvalue weighted by molar-refractivity contribution is 7.99. The second kappa shape index (κ2) is 7.35. The van der Waals surface area contributed by atoms with E-state index in [1.165, 1.54) is 11.3 Å². The van der Waals surface area contributed by atoms with E-state index in [1.807, 2.05) is 12.1 Å². The van der Waals surface area contributed by atoms with Gasteiger partial charge >= 0.3 is 0 Å². The summed E-state index contributed by atoms with van der Waals surface area (Å²) in [5, 5.41) is 9.59. The molecule has 0 aliphatic heterocycles. The van der Waals surface area contributed by atoms with Gasteiger partial charge in [0.15, 0.2) is 5.01 Å². The van der Waals surface area contributed by atoms with Crippen LogP contribution >= 0.6 is 23.1 Å². The van der Waals surface area contributed by atoms with Crippen molar-refractivity contribution in [3.05, 3.63) is 24.5 Å². The first-order chi connectivity index (χ1) is 9.72. The Labute approximate surface area is 126 Å². The van der Waals surface area contributed by atoms with Crippen LogP contribution in [0.4, 0.5) is 5.13 Å². The van der Waals surface area contributed by atoms with Crippen molar-refractivity contribution in [1.82, 2.24) is 15.2 Å². The fourth-order valence-corrected chi connectivity index (χ4v) is 2.96. The minimum Gasteiger partial charge on any atom is -0.290 e. The predicted molar refractivity (Wildman–Crippen MR) is 84.2 cm³/mol. The number of carbonyl (C=O) groups is 1. The lowest BCUT2D eigenvalue weighted by Gasteiger charge is -2.12. The van der Waals surface area contributed by atoms with Crippen molar-refractivity contribution in [3.63, 3.8) is 0 Å². The zero-order chi connectivity index (χ0) is 14.4. The quantitative estimate of drug-likeness (QED) is 0.768. The minimum absolute atomic E-state index is 0.0693. The van der Waals surface area contributed by atoms with Crippen LogP contribution in [0.1, 0.15) is 13.3 Å². The van der Waals surface area contributed by atoms with Crippen LogP contribution in [0.2, 0.25) is 0 Å². The standard InChI is InChI=1S/C13H16N4OS2/c1-3-19-8-6-11(18)17(2)13-16-15-12(20-13)10-5-4-7-14-9-10/h4-5,7,9H,3,6,8H2,1-2H3. The Morgan fingerprint density at radius 3 is 3.00 bits per heavy atom. The van der Waals surface area contributed by atoms with Gasteiger partial charge in [0.2, 0.25) is 11.0 Å². The van der Waals surface area contributed by atoms with Crippen LogP contribution in [-0.2, 0) is 4.79 Å². The van der Waals surface area contributed by atoms with Crippen LogP contribution in [0, 0.1) is 0 Å². The highest BCUT2D eigenvalue weighted by Crippen LogP contribution is 2.27. The number of rotatable bonds is 6. The van der Waals surface area contributed by atoms with Gasteiger partial charge in [-0.1, -0.05) is 18.3 Å². The monoisotopic (exact) mass is 308 g/mol. The maximum atomic E-state index is 12.0. The van der Waals surface area contributed by atoms with Gasteiger partial charge in [0.05, 0.1) is 0 Å². The first-order valence-electron chi connectivity index (χ1n) is 6.30. The Kier molecular flexibility index (Phi) is 5.49. The molecule has 0 saturated carbocycles. The zero-order valence-corrected chi connectivity index (χ0v) is 13.1. The summed E-state index contributed by atoms with van der Waals surface area (Å²) in [4.78, 5) is 17.6. The Morgan fingerprint density at radius 2 is 2.30 bits per heavy atom. The topological polar surface area (TPSA) is 59.0 Å². The number of carbonyl (C=O) groups excluding carboxylic acids is 1. The fourth-order valence-electron chi connectivity index (χ4n) is 1.54. The van der Waals surface area contributed by atoms with Crippen LogP contribution in [0.3, 0.4) is 0 Å². The molecule has 0 aromatic carbocycles. The van der Waals surface area contributed by atoms with E-state index in [-0.39, 0.29) is 5.91 Å². The Balaban J connectivity index is 2.03. The molecule has 0 saturated heterocycles. The lowest BCUT2D eigenvalue weighted by molar-refractivity contribution is -0.117. The van der Waals surface area contributed by atoms with Crippen molar-refractivity contribution < 1.29 is 4.79 Å². The van der Waals surface area contributed by atoms with E-state index < -0.39 is 0 Å². The smallest absolute Gasteiger partial charge is 0.229 e. The molecule has 7 heteroatoms. The maximum Gasteiger partial charge on any atom is 0.229 e. The lowest BCUT2D eigenvalue weighted by atomic mass is 10.3. The van der Waals surface area contributed by atoms with Gasteiger partial charge in [0, 0.05) is 37.2 Å². The Bertz CT molecular complexity index is 559. The number of pyridine rings is 1. The molecule has 0 N–H and O–H groups in total. The van der Waals surface area contributed by atoms with E-state index in [0.717, 1.165) is 22.1 Å². The highest BCUT2D eigenvalue weighted by atomic mass is 32.2. The summed E-state index contributed by atoms with van der Waals surface area (Å²) in [5.41, 5.74) is 0.915. The molecule has 0 aliphatic carbocycles. The van der Waals surface area contributed by atoms with E-state index >= 15 is 0 Å². The maximum absolute atomic E-state index is 12.0. The predicted octanol–water partition coefficient (Wildman–Crippen LogP) is 2.71. The normalized spacial score (nSPS) is 10.5. The molecule has 2 rings (SSSR count). The molecule has 2 aromatic rings. The van der Waals surface area contributed by atoms with E-state index in [9.17, 15) is 4.79 Å². The molecule has 2 aromatic heterocycles. The molecule has 0 bridgehead atoms. The molecule has 0 fully saturated rings. The lowest BCUT2D eigenvalue weighted by Crippen LogP contribution is -2.26. The van der Waals surface area contributed by atoms with Crippen LogP contribution < -0.4 is 4.90 Å². The summed E-state index contributed by atoms with van der Waals surface area (Å²) >= 11 is 3.16. The number of thioether (sulfide) groups is 1. The number of anilines is 1. The van der Waals surface area contributed by atoms with Crippen LogP contribution in [0.15, 0.2) is 24.5 Å². The highest BCUT2D eigenvalue weighted by Gasteiger charge is 2.16. The number of hydrogen-bond acceptors (Lipinski definition) is 6. The van der Waals surface area contributed by atoms with Crippen LogP contribution in [0.5, 0.6) is 0 Å². The molecule has 1 amide bonds. The van der Waals surface area contributed by atoms with Crippen molar-refractivity contribution in [2.75, 3.05) is 23.5 Å². The van der Waals surface area contributed by atoms with E-state index in [1.54, 1.807) is 36.1 Å². The van der Waals surface area contributed by atoms with Crippen molar-refractivity contribution in [3.8, 4) is 10.6 Å². The summed E-state index contributed by atoms with van der Waals surface area (Å²) in [6.07, 6.45) is 3.98. The van der Waals surface area contributed by atoms with E-state index in [4.69, 9.17) is 0 Å². The molecule has 20 heavy (non-hydrogen) atoms. The number of amides is 1. The molecule has 2 heterocycles.